The van der Waals surface area contributed by atoms with Gasteiger partial charge in [-0.3, -0.25) is 9.59 Å². The Bertz CT molecular complexity index is 1210. The van der Waals surface area contributed by atoms with Crippen LogP contribution in [0.25, 0.3) is 5.69 Å². The number of hydrogen-bond acceptors (Lipinski definition) is 3. The fraction of sp³-hybridized carbons (Fsp3) is 0.190. The van der Waals surface area contributed by atoms with Crippen molar-refractivity contribution in [2.45, 2.75) is 26.2 Å². The molecule has 174 valence electrons. The van der Waals surface area contributed by atoms with Crippen LogP contribution in [0.3, 0.4) is 0 Å². The summed E-state index contributed by atoms with van der Waals surface area (Å²) in [7, 11) is 0. The Morgan fingerprint density at radius 3 is 2.12 bits per heavy atom. The number of nitrogens with one attached hydrogen (secondary N) is 2. The zero-order valence-corrected chi connectivity index (χ0v) is 17.1. The summed E-state index contributed by atoms with van der Waals surface area (Å²) >= 11 is 0. The van der Waals surface area contributed by atoms with E-state index in [1.807, 2.05) is 0 Å². The van der Waals surface area contributed by atoms with Crippen molar-refractivity contribution in [2.75, 3.05) is 10.6 Å². The molecular weight excluding hydrogens is 454 g/mol. The third kappa shape index (κ3) is 5.33. The zero-order chi connectivity index (χ0) is 24.6. The molecule has 2 aromatic carbocycles. The fourth-order valence-corrected chi connectivity index (χ4v) is 3.02. The second kappa shape index (κ2) is 8.60. The monoisotopic (exact) mass is 470 g/mol. The minimum Gasteiger partial charge on any atom is -0.325 e. The molecule has 0 saturated carbocycles. The van der Waals surface area contributed by atoms with E-state index in [0.717, 1.165) is 42.1 Å². The van der Waals surface area contributed by atoms with Crippen LogP contribution in [0.5, 0.6) is 0 Å². The number of anilines is 2. The number of hydrogen-bond donors (Lipinski definition) is 2. The summed E-state index contributed by atoms with van der Waals surface area (Å²) in [4.78, 5) is 24.1. The molecule has 6 nitrogen and oxygen atoms in total. The number of carbonyl (C=O) groups excluding carboxylic acids is 2. The molecule has 0 fully saturated rings. The van der Waals surface area contributed by atoms with Gasteiger partial charge in [-0.1, -0.05) is 6.07 Å². The predicted molar refractivity (Wildman–Crippen MR) is 107 cm³/mol. The van der Waals surface area contributed by atoms with E-state index in [1.165, 1.54) is 19.1 Å². The average Bonchev–Trinajstić information content (AvgIpc) is 3.09. The third-order valence-corrected chi connectivity index (χ3v) is 4.58. The van der Waals surface area contributed by atoms with Crippen molar-refractivity contribution in [3.8, 4) is 5.69 Å². The van der Waals surface area contributed by atoms with Gasteiger partial charge in [0.2, 0.25) is 5.91 Å². The highest BCUT2D eigenvalue weighted by molar-refractivity contribution is 6.07. The standard InChI is InChI=1S/C21H16F6N4O2/c1-11-16(10-28-31(11)15-5-3-4-13(8-15)20(22,23)24)19(33)30-18-9-14(21(25,26)27)6-7-17(18)29-12(2)32/h3-10H,1-2H3,(H,29,32)(H,30,33). The van der Waals surface area contributed by atoms with Crippen molar-refractivity contribution in [1.29, 1.82) is 0 Å². The van der Waals surface area contributed by atoms with Crippen LogP contribution in [0, 0.1) is 6.92 Å². The van der Waals surface area contributed by atoms with Gasteiger partial charge in [-0.25, -0.2) is 4.68 Å². The molecule has 1 heterocycles. The van der Waals surface area contributed by atoms with Crippen LogP contribution in [0.1, 0.15) is 34.1 Å². The van der Waals surface area contributed by atoms with Crippen molar-refractivity contribution in [2.24, 2.45) is 0 Å². The quantitative estimate of drug-likeness (QED) is 0.500. The highest BCUT2D eigenvalue weighted by Crippen LogP contribution is 2.34. The molecular formula is C21H16F6N4O2. The molecule has 0 aliphatic rings. The minimum absolute atomic E-state index is 0.0411. The lowest BCUT2D eigenvalue weighted by molar-refractivity contribution is -0.138. The van der Waals surface area contributed by atoms with E-state index in [2.05, 4.69) is 15.7 Å². The summed E-state index contributed by atoms with van der Waals surface area (Å²) < 4.78 is 79.4. The molecule has 0 atom stereocenters. The highest BCUT2D eigenvalue weighted by atomic mass is 19.4. The second-order valence-electron chi connectivity index (χ2n) is 7.00. The lowest BCUT2D eigenvalue weighted by atomic mass is 10.1. The Labute approximate surface area is 183 Å². The fourth-order valence-electron chi connectivity index (χ4n) is 3.02. The van der Waals surface area contributed by atoms with Gasteiger partial charge in [0.15, 0.2) is 0 Å². The van der Waals surface area contributed by atoms with Gasteiger partial charge in [0.1, 0.15) is 0 Å². The molecule has 0 radical (unpaired) electrons. The molecule has 12 heteroatoms. The van der Waals surface area contributed by atoms with Crippen molar-refractivity contribution in [1.82, 2.24) is 9.78 Å². The first-order valence-corrected chi connectivity index (χ1v) is 9.30. The van der Waals surface area contributed by atoms with Gasteiger partial charge in [0, 0.05) is 6.92 Å². The maximum Gasteiger partial charge on any atom is 0.416 e. The molecule has 0 aliphatic heterocycles. The van der Waals surface area contributed by atoms with Crippen LogP contribution in [-0.4, -0.2) is 21.6 Å². The van der Waals surface area contributed by atoms with E-state index in [0.29, 0.717) is 6.07 Å². The predicted octanol–water partition coefficient (Wildman–Crippen LogP) is 5.43. The topological polar surface area (TPSA) is 76.0 Å². The summed E-state index contributed by atoms with van der Waals surface area (Å²) in [6.07, 6.45) is -8.20. The van der Waals surface area contributed by atoms with E-state index in [-0.39, 0.29) is 28.3 Å². The van der Waals surface area contributed by atoms with Crippen LogP contribution >= 0.6 is 0 Å². The maximum absolute atomic E-state index is 13.1. The van der Waals surface area contributed by atoms with Crippen LogP contribution in [0.4, 0.5) is 37.7 Å². The Balaban J connectivity index is 1.95. The summed E-state index contributed by atoms with van der Waals surface area (Å²) in [6.45, 7) is 2.57. The van der Waals surface area contributed by atoms with Gasteiger partial charge in [-0.05, 0) is 43.3 Å². The molecule has 0 saturated heterocycles. The number of alkyl halides is 6. The van der Waals surface area contributed by atoms with Gasteiger partial charge < -0.3 is 10.6 Å². The van der Waals surface area contributed by atoms with Gasteiger partial charge >= 0.3 is 12.4 Å². The molecule has 0 unspecified atom stereocenters. The third-order valence-electron chi connectivity index (χ3n) is 4.58. The van der Waals surface area contributed by atoms with Crippen molar-refractivity contribution < 1.29 is 35.9 Å². The van der Waals surface area contributed by atoms with Crippen LogP contribution < -0.4 is 10.6 Å². The maximum atomic E-state index is 13.1. The lowest BCUT2D eigenvalue weighted by Crippen LogP contribution is -2.17. The SMILES string of the molecule is CC(=O)Nc1ccc(C(F)(F)F)cc1NC(=O)c1cnn(-c2cccc(C(F)(F)F)c2)c1C. The van der Waals surface area contributed by atoms with Gasteiger partial charge in [-0.2, -0.15) is 31.4 Å². The molecule has 2 N–H and O–H groups in total. The molecule has 3 aromatic rings. The van der Waals surface area contributed by atoms with Crippen LogP contribution in [0.2, 0.25) is 0 Å². The van der Waals surface area contributed by atoms with E-state index >= 15 is 0 Å². The lowest BCUT2D eigenvalue weighted by Gasteiger charge is -2.15. The largest absolute Gasteiger partial charge is 0.416 e. The molecule has 0 spiro atoms. The Morgan fingerprint density at radius 1 is 0.879 bits per heavy atom. The van der Waals surface area contributed by atoms with Crippen LogP contribution in [0.15, 0.2) is 48.7 Å². The summed E-state index contributed by atoms with van der Waals surface area (Å²) in [5, 5.41) is 8.56. The highest BCUT2D eigenvalue weighted by Gasteiger charge is 2.32. The zero-order valence-electron chi connectivity index (χ0n) is 17.1. The van der Waals surface area contributed by atoms with E-state index < -0.39 is 35.3 Å². The Hall–Kier alpha value is -3.83. The normalized spacial score (nSPS) is 11.9. The number of carbonyl (C=O) groups is 2. The number of halogens is 6. The number of rotatable bonds is 4. The molecule has 2 amide bonds. The Kier molecular flexibility index (Phi) is 6.21. The summed E-state index contributed by atoms with van der Waals surface area (Å²) in [5.41, 5.74) is -2.23. The second-order valence-corrected chi connectivity index (χ2v) is 7.00. The minimum atomic E-state index is -4.70. The molecule has 0 bridgehead atoms. The van der Waals surface area contributed by atoms with Crippen LogP contribution in [-0.2, 0) is 17.1 Å². The molecule has 3 rings (SSSR count). The van der Waals surface area contributed by atoms with E-state index in [9.17, 15) is 35.9 Å². The summed E-state index contributed by atoms with van der Waals surface area (Å²) in [5.74, 6) is -1.43. The van der Waals surface area contributed by atoms with Gasteiger partial charge in [0.25, 0.3) is 5.91 Å². The number of amides is 2. The summed E-state index contributed by atoms with van der Waals surface area (Å²) in [6, 6.07) is 6.68. The molecule has 0 aliphatic carbocycles. The van der Waals surface area contributed by atoms with Gasteiger partial charge in [0.05, 0.1) is 45.6 Å². The molecule has 1 aromatic heterocycles. The number of aromatic nitrogens is 2. The number of benzene rings is 2. The first kappa shape index (κ1) is 23.8. The Morgan fingerprint density at radius 2 is 1.52 bits per heavy atom. The van der Waals surface area contributed by atoms with E-state index in [4.69, 9.17) is 0 Å². The average molecular weight is 470 g/mol. The number of nitrogens with zero attached hydrogens (tertiary/aromatic N) is 2. The first-order valence-electron chi connectivity index (χ1n) is 9.30. The van der Waals surface area contributed by atoms with Crippen molar-refractivity contribution >= 4 is 23.2 Å². The first-order chi connectivity index (χ1) is 15.3. The molecule has 33 heavy (non-hydrogen) atoms. The van der Waals surface area contributed by atoms with Crippen molar-refractivity contribution in [3.05, 3.63) is 71.0 Å². The van der Waals surface area contributed by atoms with Gasteiger partial charge in [-0.15, -0.1) is 0 Å². The van der Waals surface area contributed by atoms with Crippen molar-refractivity contribution in [3.63, 3.8) is 0 Å². The van der Waals surface area contributed by atoms with E-state index in [1.54, 1.807) is 0 Å². The smallest absolute Gasteiger partial charge is 0.325 e.